The van der Waals surface area contributed by atoms with Crippen molar-refractivity contribution >= 4 is 58.8 Å². The molecule has 4 rings (SSSR count). The molecule has 0 saturated carbocycles. The summed E-state index contributed by atoms with van der Waals surface area (Å²) in [6.07, 6.45) is 1.25. The monoisotopic (exact) mass is 591 g/mol. The number of carbonyl (C=O) groups is 5. The number of hydrogen-bond donors (Lipinski definition) is 2. The van der Waals surface area contributed by atoms with Crippen molar-refractivity contribution in [3.63, 3.8) is 0 Å². The molecular formula is C30H26ClN3O8. The second-order valence-corrected chi connectivity index (χ2v) is 9.37. The van der Waals surface area contributed by atoms with Gasteiger partial charge < -0.3 is 19.5 Å². The molecule has 1 aliphatic rings. The lowest BCUT2D eigenvalue weighted by Crippen LogP contribution is -2.54. The lowest BCUT2D eigenvalue weighted by atomic mass is 10.1. The number of aryl methyl sites for hydroxylation is 1. The van der Waals surface area contributed by atoms with Gasteiger partial charge >= 0.3 is 12.0 Å². The van der Waals surface area contributed by atoms with E-state index in [-0.39, 0.29) is 46.6 Å². The zero-order valence-electron chi connectivity index (χ0n) is 22.9. The van der Waals surface area contributed by atoms with Crippen molar-refractivity contribution in [2.45, 2.75) is 13.8 Å². The summed E-state index contributed by atoms with van der Waals surface area (Å²) in [6, 6.07) is 14.8. The second kappa shape index (κ2) is 13.0. The molecule has 0 radical (unpaired) electrons. The first-order valence-corrected chi connectivity index (χ1v) is 13.0. The summed E-state index contributed by atoms with van der Waals surface area (Å²) in [5.41, 5.74) is 1.89. The molecule has 12 heteroatoms. The van der Waals surface area contributed by atoms with Crippen LogP contribution in [0.1, 0.15) is 28.4 Å². The highest BCUT2D eigenvalue weighted by Crippen LogP contribution is 2.37. The summed E-state index contributed by atoms with van der Waals surface area (Å²) in [4.78, 5) is 63.4. The average Bonchev–Trinajstić information content (AvgIpc) is 2.95. The largest absolute Gasteiger partial charge is 0.490 e. The van der Waals surface area contributed by atoms with Crippen molar-refractivity contribution in [2.24, 2.45) is 0 Å². The lowest BCUT2D eigenvalue weighted by Gasteiger charge is -2.26. The molecule has 2 N–H and O–H groups in total. The zero-order chi connectivity index (χ0) is 30.4. The van der Waals surface area contributed by atoms with Gasteiger partial charge in [-0.3, -0.25) is 19.7 Å². The Kier molecular flexibility index (Phi) is 9.23. The molecule has 0 unspecified atom stereocenters. The van der Waals surface area contributed by atoms with E-state index in [4.69, 9.17) is 21.1 Å². The smallest absolute Gasteiger partial charge is 0.337 e. The van der Waals surface area contributed by atoms with E-state index in [9.17, 15) is 24.0 Å². The molecule has 1 saturated heterocycles. The van der Waals surface area contributed by atoms with Crippen LogP contribution in [0.4, 0.5) is 16.2 Å². The number of nitrogens with one attached hydrogen (secondary N) is 2. The van der Waals surface area contributed by atoms with Gasteiger partial charge in [0.05, 0.1) is 30.0 Å². The van der Waals surface area contributed by atoms with E-state index in [0.29, 0.717) is 11.3 Å². The Morgan fingerprint density at radius 2 is 1.76 bits per heavy atom. The van der Waals surface area contributed by atoms with Gasteiger partial charge in [0.1, 0.15) is 5.57 Å². The van der Waals surface area contributed by atoms with Gasteiger partial charge in [-0.05, 0) is 79.6 Å². The summed E-state index contributed by atoms with van der Waals surface area (Å²) in [6.45, 7) is 3.51. The van der Waals surface area contributed by atoms with Crippen molar-refractivity contribution in [3.05, 3.63) is 87.9 Å². The lowest BCUT2D eigenvalue weighted by molar-refractivity contribution is -0.122. The van der Waals surface area contributed by atoms with Gasteiger partial charge in [0.15, 0.2) is 18.1 Å². The maximum atomic E-state index is 13.3. The molecule has 1 heterocycles. The number of halogens is 1. The number of barbiturate groups is 1. The van der Waals surface area contributed by atoms with E-state index in [1.165, 1.54) is 49.6 Å². The summed E-state index contributed by atoms with van der Waals surface area (Å²) in [7, 11) is 1.23. The van der Waals surface area contributed by atoms with E-state index in [0.717, 1.165) is 10.5 Å². The molecule has 0 aromatic heterocycles. The normalized spacial score (nSPS) is 14.0. The maximum Gasteiger partial charge on any atom is 0.337 e. The van der Waals surface area contributed by atoms with Crippen LogP contribution in [0.5, 0.6) is 11.5 Å². The predicted octanol–water partition coefficient (Wildman–Crippen LogP) is 4.52. The molecule has 0 bridgehead atoms. The van der Waals surface area contributed by atoms with E-state index >= 15 is 0 Å². The van der Waals surface area contributed by atoms with Crippen molar-refractivity contribution < 1.29 is 38.2 Å². The molecular weight excluding hydrogens is 566 g/mol. The van der Waals surface area contributed by atoms with Gasteiger partial charge in [0, 0.05) is 5.69 Å². The number of amides is 5. The Hall–Kier alpha value is -5.16. The van der Waals surface area contributed by atoms with Gasteiger partial charge in [-0.15, -0.1) is 0 Å². The number of urea groups is 1. The molecule has 0 atom stereocenters. The third-order valence-electron chi connectivity index (χ3n) is 5.94. The molecule has 216 valence electrons. The Labute approximate surface area is 246 Å². The van der Waals surface area contributed by atoms with Crippen LogP contribution < -0.4 is 25.0 Å². The van der Waals surface area contributed by atoms with E-state index in [1.807, 2.05) is 25.1 Å². The Morgan fingerprint density at radius 3 is 2.43 bits per heavy atom. The fourth-order valence-corrected chi connectivity index (χ4v) is 4.33. The molecule has 5 amide bonds. The summed E-state index contributed by atoms with van der Waals surface area (Å²) in [5.74, 6) is -2.53. The number of hydrogen-bond acceptors (Lipinski definition) is 8. The summed E-state index contributed by atoms with van der Waals surface area (Å²) < 4.78 is 16.0. The van der Waals surface area contributed by atoms with Gasteiger partial charge in [0.2, 0.25) is 0 Å². The predicted molar refractivity (Wildman–Crippen MR) is 155 cm³/mol. The van der Waals surface area contributed by atoms with Gasteiger partial charge in [-0.1, -0.05) is 23.7 Å². The quantitative estimate of drug-likeness (QED) is 0.210. The van der Waals surface area contributed by atoms with Crippen LogP contribution in [0.2, 0.25) is 5.02 Å². The third kappa shape index (κ3) is 6.76. The van der Waals surface area contributed by atoms with Crippen LogP contribution in [-0.2, 0) is 19.1 Å². The first-order chi connectivity index (χ1) is 20.1. The highest BCUT2D eigenvalue weighted by Gasteiger charge is 2.37. The number of nitrogens with zero attached hydrogens (tertiary/aromatic N) is 1. The Balaban J connectivity index is 1.57. The fraction of sp³-hybridized carbons (Fsp3) is 0.167. The first kappa shape index (κ1) is 29.8. The number of carbonyl (C=O) groups excluding carboxylic acids is 5. The third-order valence-corrected chi connectivity index (χ3v) is 6.22. The van der Waals surface area contributed by atoms with E-state index in [1.54, 1.807) is 13.0 Å². The number of ether oxygens (including phenoxy) is 3. The number of rotatable bonds is 9. The van der Waals surface area contributed by atoms with Crippen molar-refractivity contribution in [3.8, 4) is 11.5 Å². The van der Waals surface area contributed by atoms with Gasteiger partial charge in [-0.2, -0.15) is 0 Å². The highest BCUT2D eigenvalue weighted by molar-refractivity contribution is 6.39. The molecule has 0 aliphatic carbocycles. The number of imide groups is 2. The minimum absolute atomic E-state index is 0.0613. The van der Waals surface area contributed by atoms with Crippen LogP contribution in [0.25, 0.3) is 6.08 Å². The molecule has 42 heavy (non-hydrogen) atoms. The number of methoxy groups -OCH3 is 1. The fourth-order valence-electron chi connectivity index (χ4n) is 4.05. The Morgan fingerprint density at radius 1 is 1.02 bits per heavy atom. The van der Waals surface area contributed by atoms with Crippen molar-refractivity contribution in [2.75, 3.05) is 30.5 Å². The molecule has 1 aliphatic heterocycles. The van der Waals surface area contributed by atoms with Crippen LogP contribution in [0, 0.1) is 6.92 Å². The standard InChI is InChI=1S/C30H26ClN3O8/c1-4-41-24-15-18(14-23(31)26(24)42-16-25(35)32-20-7-5-6-17(2)12-20)13-22-27(36)33-30(39)34(28(22)37)21-10-8-19(9-11-21)29(38)40-3/h5-15H,4,16H2,1-3H3,(H,32,35)(H,33,36,39)/b22-13+. The average molecular weight is 592 g/mol. The van der Waals surface area contributed by atoms with Crippen LogP contribution in [-0.4, -0.2) is 50.0 Å². The second-order valence-electron chi connectivity index (χ2n) is 8.97. The number of benzene rings is 3. The van der Waals surface area contributed by atoms with Crippen molar-refractivity contribution in [1.82, 2.24) is 5.32 Å². The summed E-state index contributed by atoms with van der Waals surface area (Å²) in [5, 5.41) is 4.93. The zero-order valence-corrected chi connectivity index (χ0v) is 23.6. The van der Waals surface area contributed by atoms with Gasteiger partial charge in [0.25, 0.3) is 17.7 Å². The summed E-state index contributed by atoms with van der Waals surface area (Å²) >= 11 is 6.47. The first-order valence-electron chi connectivity index (χ1n) is 12.7. The minimum Gasteiger partial charge on any atom is -0.490 e. The minimum atomic E-state index is -0.950. The van der Waals surface area contributed by atoms with E-state index in [2.05, 4.69) is 15.4 Å². The van der Waals surface area contributed by atoms with Gasteiger partial charge in [-0.25, -0.2) is 14.5 Å². The van der Waals surface area contributed by atoms with Crippen molar-refractivity contribution in [1.29, 1.82) is 0 Å². The topological polar surface area (TPSA) is 140 Å². The SMILES string of the molecule is CCOc1cc(/C=C2\C(=O)NC(=O)N(c3ccc(C(=O)OC)cc3)C2=O)cc(Cl)c1OCC(=O)Nc1cccc(C)c1. The van der Waals surface area contributed by atoms with E-state index < -0.39 is 29.7 Å². The molecule has 0 spiro atoms. The Bertz CT molecular complexity index is 1600. The highest BCUT2D eigenvalue weighted by atomic mass is 35.5. The van der Waals surface area contributed by atoms with Crippen LogP contribution in [0.15, 0.2) is 66.2 Å². The number of anilines is 2. The van der Waals surface area contributed by atoms with Crippen LogP contribution in [0.3, 0.4) is 0 Å². The molecule has 3 aromatic carbocycles. The molecule has 1 fully saturated rings. The molecule has 11 nitrogen and oxygen atoms in total. The maximum absolute atomic E-state index is 13.3. The number of esters is 1. The van der Waals surface area contributed by atoms with Crippen LogP contribution >= 0.6 is 11.6 Å². The molecule has 3 aromatic rings.